The highest BCUT2D eigenvalue weighted by atomic mass is 16.5. The van der Waals surface area contributed by atoms with Crippen LogP contribution < -0.4 is 11.1 Å². The van der Waals surface area contributed by atoms with Crippen molar-refractivity contribution < 1.29 is 9.53 Å². The van der Waals surface area contributed by atoms with E-state index in [0.717, 1.165) is 5.56 Å². The minimum Gasteiger partial charge on any atom is -0.445 e. The van der Waals surface area contributed by atoms with Gasteiger partial charge in [-0.05, 0) is 11.5 Å². The van der Waals surface area contributed by atoms with Crippen LogP contribution in [0.15, 0.2) is 36.7 Å². The number of nitrogens with two attached hydrogens (primary N) is 1. The van der Waals surface area contributed by atoms with Gasteiger partial charge in [0.15, 0.2) is 5.65 Å². The molecule has 0 saturated heterocycles. The minimum absolute atomic E-state index is 0.127. The number of carbonyl (C=O) groups excluding carboxylic acids is 1. The van der Waals surface area contributed by atoms with Gasteiger partial charge >= 0.3 is 6.09 Å². The van der Waals surface area contributed by atoms with Crippen LogP contribution in [-0.4, -0.2) is 32.8 Å². The van der Waals surface area contributed by atoms with Crippen molar-refractivity contribution in [2.75, 3.05) is 12.3 Å². The van der Waals surface area contributed by atoms with E-state index in [0.29, 0.717) is 22.5 Å². The van der Waals surface area contributed by atoms with Gasteiger partial charge in [-0.2, -0.15) is 5.10 Å². The van der Waals surface area contributed by atoms with Gasteiger partial charge in [-0.25, -0.2) is 14.8 Å². The molecule has 1 amide bonds. The molecule has 3 aromatic rings. The predicted molar refractivity (Wildman–Crippen MR) is 87.6 cm³/mol. The maximum atomic E-state index is 11.6. The zero-order chi connectivity index (χ0) is 16.8. The number of fused-ring (bicyclic) bond motifs is 1. The number of hydrogen-bond donors (Lipinski definition) is 3. The van der Waals surface area contributed by atoms with Crippen LogP contribution in [0, 0.1) is 11.8 Å². The SMILES string of the molecule is Nc1ncnc2n[nH]c(C#CCNC(=O)OCc3ccccc3)c12. The van der Waals surface area contributed by atoms with E-state index in [1.165, 1.54) is 6.33 Å². The lowest BCUT2D eigenvalue weighted by Gasteiger charge is -2.04. The smallest absolute Gasteiger partial charge is 0.408 e. The normalized spacial score (nSPS) is 10.0. The maximum absolute atomic E-state index is 11.6. The Kier molecular flexibility index (Phi) is 4.53. The van der Waals surface area contributed by atoms with E-state index in [9.17, 15) is 4.79 Å². The summed E-state index contributed by atoms with van der Waals surface area (Å²) in [4.78, 5) is 19.5. The number of aromatic amines is 1. The summed E-state index contributed by atoms with van der Waals surface area (Å²) in [5.41, 5.74) is 7.64. The molecule has 120 valence electrons. The summed E-state index contributed by atoms with van der Waals surface area (Å²) in [6, 6.07) is 9.42. The van der Waals surface area contributed by atoms with E-state index < -0.39 is 6.09 Å². The summed E-state index contributed by atoms with van der Waals surface area (Å²) in [5, 5.41) is 9.84. The monoisotopic (exact) mass is 322 g/mol. The molecule has 0 radical (unpaired) electrons. The topological polar surface area (TPSA) is 119 Å². The van der Waals surface area contributed by atoms with Crippen LogP contribution in [0.1, 0.15) is 11.3 Å². The fourth-order valence-corrected chi connectivity index (χ4v) is 1.99. The summed E-state index contributed by atoms with van der Waals surface area (Å²) >= 11 is 0. The zero-order valence-electron chi connectivity index (χ0n) is 12.6. The van der Waals surface area contributed by atoms with E-state index >= 15 is 0 Å². The number of H-pyrrole nitrogens is 1. The molecule has 0 aliphatic heterocycles. The van der Waals surface area contributed by atoms with E-state index in [2.05, 4.69) is 37.3 Å². The van der Waals surface area contributed by atoms with Crippen LogP contribution in [0.25, 0.3) is 11.0 Å². The van der Waals surface area contributed by atoms with Crippen LogP contribution in [0.5, 0.6) is 0 Å². The number of rotatable bonds is 3. The Morgan fingerprint density at radius 1 is 1.29 bits per heavy atom. The van der Waals surface area contributed by atoms with Crippen molar-refractivity contribution in [1.29, 1.82) is 0 Å². The number of anilines is 1. The van der Waals surface area contributed by atoms with Gasteiger partial charge < -0.3 is 15.8 Å². The van der Waals surface area contributed by atoms with Crippen LogP contribution >= 0.6 is 0 Å². The molecule has 0 unspecified atom stereocenters. The molecule has 4 N–H and O–H groups in total. The standard InChI is InChI=1S/C16H14N6O2/c17-14-13-12(21-22-15(13)20-10-19-14)7-4-8-18-16(23)24-9-11-5-2-1-3-6-11/h1-3,5-6,10H,8-9H2,(H,18,23)(H3,17,19,20,21,22). The Morgan fingerprint density at radius 3 is 2.96 bits per heavy atom. The van der Waals surface area contributed by atoms with Gasteiger partial charge in [0.2, 0.25) is 0 Å². The lowest BCUT2D eigenvalue weighted by atomic mass is 10.2. The first kappa shape index (κ1) is 15.3. The second-order valence-electron chi connectivity index (χ2n) is 4.77. The van der Waals surface area contributed by atoms with Crippen molar-refractivity contribution in [2.24, 2.45) is 0 Å². The average molecular weight is 322 g/mol. The lowest BCUT2D eigenvalue weighted by Crippen LogP contribution is -2.24. The fraction of sp³-hybridized carbons (Fsp3) is 0.125. The highest BCUT2D eigenvalue weighted by Crippen LogP contribution is 2.17. The molecule has 1 aromatic carbocycles. The third kappa shape index (κ3) is 3.59. The second-order valence-corrected chi connectivity index (χ2v) is 4.77. The molecular weight excluding hydrogens is 308 g/mol. The molecule has 0 fully saturated rings. The molecular formula is C16H14N6O2. The van der Waals surface area contributed by atoms with Gasteiger partial charge in [0.05, 0.1) is 11.9 Å². The largest absolute Gasteiger partial charge is 0.445 e. The highest BCUT2D eigenvalue weighted by Gasteiger charge is 2.08. The molecule has 3 rings (SSSR count). The molecule has 8 nitrogen and oxygen atoms in total. The highest BCUT2D eigenvalue weighted by molar-refractivity contribution is 5.89. The van der Waals surface area contributed by atoms with Gasteiger partial charge in [-0.15, -0.1) is 0 Å². The summed E-state index contributed by atoms with van der Waals surface area (Å²) in [7, 11) is 0. The summed E-state index contributed by atoms with van der Waals surface area (Å²) in [5.74, 6) is 5.93. The van der Waals surface area contributed by atoms with Crippen molar-refractivity contribution in [1.82, 2.24) is 25.5 Å². The number of benzene rings is 1. The van der Waals surface area contributed by atoms with Crippen molar-refractivity contribution in [3.63, 3.8) is 0 Å². The van der Waals surface area contributed by atoms with E-state index in [-0.39, 0.29) is 13.2 Å². The molecule has 0 saturated carbocycles. The molecule has 0 bridgehead atoms. The van der Waals surface area contributed by atoms with E-state index in [4.69, 9.17) is 10.5 Å². The van der Waals surface area contributed by atoms with Gasteiger partial charge in [0, 0.05) is 0 Å². The van der Waals surface area contributed by atoms with Gasteiger partial charge in [-0.3, -0.25) is 5.10 Å². The third-order valence-electron chi connectivity index (χ3n) is 3.13. The first-order valence-electron chi connectivity index (χ1n) is 7.12. The molecule has 0 atom stereocenters. The molecule has 0 spiro atoms. The van der Waals surface area contributed by atoms with Crippen molar-refractivity contribution >= 4 is 22.9 Å². The maximum Gasteiger partial charge on any atom is 0.408 e. The van der Waals surface area contributed by atoms with Crippen molar-refractivity contribution in [3.8, 4) is 11.8 Å². The van der Waals surface area contributed by atoms with E-state index in [1.807, 2.05) is 30.3 Å². The Morgan fingerprint density at radius 2 is 2.12 bits per heavy atom. The van der Waals surface area contributed by atoms with Crippen LogP contribution in [0.2, 0.25) is 0 Å². The molecule has 8 heteroatoms. The Labute approximate surface area is 137 Å². The van der Waals surface area contributed by atoms with Crippen LogP contribution in [0.4, 0.5) is 10.6 Å². The zero-order valence-corrected chi connectivity index (χ0v) is 12.6. The number of nitrogen functional groups attached to an aromatic ring is 1. The van der Waals surface area contributed by atoms with Gasteiger partial charge in [0.1, 0.15) is 24.4 Å². The minimum atomic E-state index is -0.537. The molecule has 2 aromatic heterocycles. The third-order valence-corrected chi connectivity index (χ3v) is 3.13. The molecule has 2 heterocycles. The number of amides is 1. The molecule has 24 heavy (non-hydrogen) atoms. The lowest BCUT2D eigenvalue weighted by molar-refractivity contribution is 0.141. The van der Waals surface area contributed by atoms with E-state index in [1.54, 1.807) is 0 Å². The summed E-state index contributed by atoms with van der Waals surface area (Å²) in [6.45, 7) is 0.334. The van der Waals surface area contributed by atoms with Crippen LogP contribution in [-0.2, 0) is 11.3 Å². The number of alkyl carbamates (subject to hydrolysis) is 1. The number of hydrogen-bond acceptors (Lipinski definition) is 6. The number of carbonyl (C=O) groups is 1. The average Bonchev–Trinajstić information content (AvgIpc) is 3.02. The summed E-state index contributed by atoms with van der Waals surface area (Å²) in [6.07, 6.45) is 0.797. The number of nitrogens with one attached hydrogen (secondary N) is 2. The fourth-order valence-electron chi connectivity index (χ4n) is 1.99. The van der Waals surface area contributed by atoms with Gasteiger partial charge in [0.25, 0.3) is 0 Å². The first-order valence-corrected chi connectivity index (χ1v) is 7.12. The quantitative estimate of drug-likeness (QED) is 0.624. The van der Waals surface area contributed by atoms with Crippen molar-refractivity contribution in [3.05, 3.63) is 47.9 Å². The molecule has 0 aliphatic carbocycles. The molecule has 0 aliphatic rings. The Balaban J connectivity index is 1.53. The Hall–Kier alpha value is -3.60. The summed E-state index contributed by atoms with van der Waals surface area (Å²) < 4.78 is 5.08. The predicted octanol–water partition coefficient (Wildman–Crippen LogP) is 1.21. The Bertz CT molecular complexity index is 910. The number of aromatic nitrogens is 4. The van der Waals surface area contributed by atoms with Crippen LogP contribution in [0.3, 0.4) is 0 Å². The second kappa shape index (κ2) is 7.11. The van der Waals surface area contributed by atoms with Gasteiger partial charge in [-0.1, -0.05) is 36.3 Å². The number of ether oxygens (including phenoxy) is 1. The van der Waals surface area contributed by atoms with Crippen molar-refractivity contribution in [2.45, 2.75) is 6.61 Å². The number of nitrogens with zero attached hydrogens (tertiary/aromatic N) is 3. The first-order chi connectivity index (χ1) is 11.7.